The van der Waals surface area contributed by atoms with Crippen LogP contribution in [0, 0.1) is 6.92 Å². The summed E-state index contributed by atoms with van der Waals surface area (Å²) in [7, 11) is 1.89. The van der Waals surface area contributed by atoms with Gasteiger partial charge < -0.3 is 5.11 Å². The molecule has 2 nitrogen and oxygen atoms in total. The summed E-state index contributed by atoms with van der Waals surface area (Å²) in [5, 5.41) is 8.79. The van der Waals surface area contributed by atoms with Gasteiger partial charge in [-0.1, -0.05) is 29.8 Å². The van der Waals surface area contributed by atoms with E-state index in [1.165, 1.54) is 11.1 Å². The average Bonchev–Trinajstić information content (AvgIpc) is 2.04. The van der Waals surface area contributed by atoms with Crippen LogP contribution in [0.4, 0.5) is 0 Å². The highest BCUT2D eigenvalue weighted by Crippen LogP contribution is 2.05. The first-order valence-corrected chi connectivity index (χ1v) is 4.07. The van der Waals surface area contributed by atoms with Crippen LogP contribution in [0.1, 0.15) is 11.1 Å². The summed E-state index contributed by atoms with van der Waals surface area (Å²) in [5.74, 6) is 0. The molecule has 0 fully saturated rings. The Morgan fingerprint density at radius 3 is 2.75 bits per heavy atom. The Morgan fingerprint density at radius 1 is 1.42 bits per heavy atom. The zero-order valence-corrected chi connectivity index (χ0v) is 7.62. The quantitative estimate of drug-likeness (QED) is 0.684. The van der Waals surface area contributed by atoms with Gasteiger partial charge in [-0.3, -0.25) is 4.90 Å². The van der Waals surface area contributed by atoms with Crippen LogP contribution in [0.5, 0.6) is 0 Å². The Balaban J connectivity index is 2.63. The van der Waals surface area contributed by atoms with E-state index in [1.54, 1.807) is 0 Å². The summed E-state index contributed by atoms with van der Waals surface area (Å²) in [5.41, 5.74) is 2.50. The van der Waals surface area contributed by atoms with Crippen molar-refractivity contribution in [2.24, 2.45) is 0 Å². The van der Waals surface area contributed by atoms with Gasteiger partial charge in [-0.05, 0) is 19.5 Å². The first kappa shape index (κ1) is 9.23. The summed E-state index contributed by atoms with van der Waals surface area (Å²) in [4.78, 5) is 1.86. The number of benzene rings is 1. The Morgan fingerprint density at radius 2 is 2.17 bits per heavy atom. The summed E-state index contributed by atoms with van der Waals surface area (Å²) in [6, 6.07) is 8.31. The molecule has 1 rings (SSSR count). The molecule has 0 atom stereocenters. The molecular weight excluding hydrogens is 150 g/mol. The third-order valence-corrected chi connectivity index (χ3v) is 1.78. The van der Waals surface area contributed by atoms with Crippen molar-refractivity contribution in [2.75, 3.05) is 13.8 Å². The summed E-state index contributed by atoms with van der Waals surface area (Å²) in [6.45, 7) is 2.98. The van der Waals surface area contributed by atoms with Gasteiger partial charge in [0.25, 0.3) is 0 Å². The van der Waals surface area contributed by atoms with Crippen LogP contribution < -0.4 is 0 Å². The van der Waals surface area contributed by atoms with Crippen molar-refractivity contribution in [1.82, 2.24) is 4.90 Å². The maximum absolute atomic E-state index is 8.79. The Hall–Kier alpha value is -0.860. The van der Waals surface area contributed by atoms with E-state index in [0.717, 1.165) is 6.54 Å². The van der Waals surface area contributed by atoms with E-state index < -0.39 is 0 Å². The molecule has 66 valence electrons. The SMILES string of the molecule is Cc1cccc(CN(C)CO)c1. The highest BCUT2D eigenvalue weighted by molar-refractivity contribution is 5.21. The molecule has 0 saturated heterocycles. The van der Waals surface area contributed by atoms with Crippen LogP contribution in [0.3, 0.4) is 0 Å². The van der Waals surface area contributed by atoms with E-state index in [1.807, 2.05) is 18.0 Å². The van der Waals surface area contributed by atoms with Crippen molar-refractivity contribution in [1.29, 1.82) is 0 Å². The van der Waals surface area contributed by atoms with Crippen LogP contribution in [-0.2, 0) is 6.54 Å². The molecule has 2 heteroatoms. The fraction of sp³-hybridized carbons (Fsp3) is 0.400. The molecule has 1 N–H and O–H groups in total. The minimum Gasteiger partial charge on any atom is -0.381 e. The number of aliphatic hydroxyl groups is 1. The van der Waals surface area contributed by atoms with Gasteiger partial charge in [-0.25, -0.2) is 0 Å². The fourth-order valence-corrected chi connectivity index (χ4v) is 1.17. The molecule has 0 aliphatic rings. The number of rotatable bonds is 3. The molecule has 0 aliphatic carbocycles. The first-order chi connectivity index (χ1) is 5.72. The van der Waals surface area contributed by atoms with Crippen LogP contribution in [0.2, 0.25) is 0 Å². The van der Waals surface area contributed by atoms with E-state index >= 15 is 0 Å². The van der Waals surface area contributed by atoms with E-state index in [4.69, 9.17) is 5.11 Å². The van der Waals surface area contributed by atoms with Crippen molar-refractivity contribution < 1.29 is 5.11 Å². The third kappa shape index (κ3) is 2.64. The van der Waals surface area contributed by atoms with Gasteiger partial charge in [0.15, 0.2) is 0 Å². The minimum absolute atomic E-state index is 0.105. The molecule has 0 amide bonds. The first-order valence-electron chi connectivity index (χ1n) is 4.07. The van der Waals surface area contributed by atoms with Gasteiger partial charge in [0, 0.05) is 6.54 Å². The molecule has 1 aromatic rings. The van der Waals surface area contributed by atoms with Gasteiger partial charge in [0.2, 0.25) is 0 Å². The normalized spacial score (nSPS) is 10.7. The van der Waals surface area contributed by atoms with E-state index in [9.17, 15) is 0 Å². The zero-order valence-electron chi connectivity index (χ0n) is 7.62. The molecule has 0 heterocycles. The molecular formula is C10H15NO. The lowest BCUT2D eigenvalue weighted by Gasteiger charge is -2.12. The number of hydrogen-bond donors (Lipinski definition) is 1. The smallest absolute Gasteiger partial charge is 0.0956 e. The fourth-order valence-electron chi connectivity index (χ4n) is 1.17. The van der Waals surface area contributed by atoms with Crippen LogP contribution in [-0.4, -0.2) is 23.8 Å². The van der Waals surface area contributed by atoms with Crippen molar-refractivity contribution in [3.63, 3.8) is 0 Å². The number of aliphatic hydroxyl groups excluding tert-OH is 1. The molecule has 0 spiro atoms. The maximum Gasteiger partial charge on any atom is 0.0956 e. The molecule has 0 aliphatic heterocycles. The highest BCUT2D eigenvalue weighted by atomic mass is 16.3. The standard InChI is InChI=1S/C10H15NO/c1-9-4-3-5-10(6-9)7-11(2)8-12/h3-6,12H,7-8H2,1-2H3. The molecule has 0 aromatic heterocycles. The van der Waals surface area contributed by atoms with Crippen molar-refractivity contribution in [3.05, 3.63) is 35.4 Å². The molecule has 0 unspecified atom stereocenters. The average molecular weight is 165 g/mol. The van der Waals surface area contributed by atoms with Crippen molar-refractivity contribution >= 4 is 0 Å². The summed E-state index contributed by atoms with van der Waals surface area (Å²) >= 11 is 0. The van der Waals surface area contributed by atoms with Gasteiger partial charge >= 0.3 is 0 Å². The highest BCUT2D eigenvalue weighted by Gasteiger charge is 1.97. The summed E-state index contributed by atoms with van der Waals surface area (Å²) < 4.78 is 0. The second-order valence-corrected chi connectivity index (χ2v) is 3.14. The van der Waals surface area contributed by atoms with Crippen molar-refractivity contribution in [2.45, 2.75) is 13.5 Å². The van der Waals surface area contributed by atoms with Crippen LogP contribution in [0.25, 0.3) is 0 Å². The van der Waals surface area contributed by atoms with E-state index in [0.29, 0.717) is 0 Å². The number of aryl methyl sites for hydroxylation is 1. The number of nitrogens with zero attached hydrogens (tertiary/aromatic N) is 1. The predicted molar refractivity (Wildman–Crippen MR) is 49.7 cm³/mol. The lowest BCUT2D eigenvalue weighted by atomic mass is 10.1. The van der Waals surface area contributed by atoms with Crippen LogP contribution in [0.15, 0.2) is 24.3 Å². The number of hydrogen-bond acceptors (Lipinski definition) is 2. The lowest BCUT2D eigenvalue weighted by molar-refractivity contribution is 0.127. The summed E-state index contributed by atoms with van der Waals surface area (Å²) in [6.07, 6.45) is 0. The second kappa shape index (κ2) is 4.24. The molecule has 0 saturated carbocycles. The van der Waals surface area contributed by atoms with Crippen molar-refractivity contribution in [3.8, 4) is 0 Å². The molecule has 1 aromatic carbocycles. The Labute approximate surface area is 73.4 Å². The molecule has 12 heavy (non-hydrogen) atoms. The zero-order chi connectivity index (χ0) is 8.97. The minimum atomic E-state index is 0.105. The maximum atomic E-state index is 8.79. The second-order valence-electron chi connectivity index (χ2n) is 3.14. The van der Waals surface area contributed by atoms with E-state index in [2.05, 4.69) is 25.1 Å². The monoisotopic (exact) mass is 165 g/mol. The molecule has 0 bridgehead atoms. The van der Waals surface area contributed by atoms with Gasteiger partial charge in [0.1, 0.15) is 0 Å². The molecule has 0 radical (unpaired) electrons. The topological polar surface area (TPSA) is 23.5 Å². The Bertz CT molecular complexity index is 247. The Kier molecular flexibility index (Phi) is 3.26. The third-order valence-electron chi connectivity index (χ3n) is 1.78. The van der Waals surface area contributed by atoms with Gasteiger partial charge in [-0.15, -0.1) is 0 Å². The predicted octanol–water partition coefficient (Wildman–Crippen LogP) is 1.38. The largest absolute Gasteiger partial charge is 0.381 e. The van der Waals surface area contributed by atoms with E-state index in [-0.39, 0.29) is 6.73 Å². The van der Waals surface area contributed by atoms with Crippen LogP contribution >= 0.6 is 0 Å². The lowest BCUT2D eigenvalue weighted by Crippen LogP contribution is -2.18. The van der Waals surface area contributed by atoms with Gasteiger partial charge in [-0.2, -0.15) is 0 Å². The van der Waals surface area contributed by atoms with Gasteiger partial charge in [0.05, 0.1) is 6.73 Å².